The molecule has 1 aromatic carbocycles. The van der Waals surface area contributed by atoms with E-state index < -0.39 is 11.4 Å². The van der Waals surface area contributed by atoms with Crippen LogP contribution in [0.1, 0.15) is 42.7 Å². The fourth-order valence-corrected chi connectivity index (χ4v) is 4.73. The summed E-state index contributed by atoms with van der Waals surface area (Å²) in [5.41, 5.74) is 7.32. The van der Waals surface area contributed by atoms with Gasteiger partial charge in [0.05, 0.1) is 11.1 Å². The number of carbonyl (C=O) groups is 2. The number of fused-ring (bicyclic) bond motifs is 6. The second-order valence-corrected chi connectivity index (χ2v) is 8.33. The predicted octanol–water partition coefficient (Wildman–Crippen LogP) is 3.06. The Bertz CT molecular complexity index is 1170. The largest absolute Gasteiger partial charge is 0.480 e. The van der Waals surface area contributed by atoms with Crippen LogP contribution in [0.4, 0.5) is 5.69 Å². The van der Waals surface area contributed by atoms with Gasteiger partial charge in [-0.3, -0.25) is 14.7 Å². The molecule has 1 amide bonds. The van der Waals surface area contributed by atoms with Gasteiger partial charge in [0.25, 0.3) is 0 Å². The molecule has 0 atom stereocenters. The zero-order chi connectivity index (χ0) is 19.8. The summed E-state index contributed by atoms with van der Waals surface area (Å²) in [6.07, 6.45) is 2.91. The minimum Gasteiger partial charge on any atom is -0.480 e. The second-order valence-electron chi connectivity index (χ2n) is 8.33. The molecule has 28 heavy (non-hydrogen) atoms. The van der Waals surface area contributed by atoms with Crippen molar-refractivity contribution in [2.75, 3.05) is 11.4 Å². The van der Waals surface area contributed by atoms with Gasteiger partial charge in [0.1, 0.15) is 12.2 Å². The molecule has 0 saturated carbocycles. The summed E-state index contributed by atoms with van der Waals surface area (Å²) in [4.78, 5) is 29.1. The number of carboxylic acid groups (broad SMARTS) is 1. The lowest BCUT2D eigenvalue weighted by Crippen LogP contribution is -2.39. The van der Waals surface area contributed by atoms with Gasteiger partial charge in [0, 0.05) is 27.8 Å². The van der Waals surface area contributed by atoms with Crippen molar-refractivity contribution in [3.63, 3.8) is 0 Å². The number of benzene rings is 1. The zero-order valence-corrected chi connectivity index (χ0v) is 16.1. The maximum atomic E-state index is 12.9. The fourth-order valence-electron chi connectivity index (χ4n) is 4.73. The van der Waals surface area contributed by atoms with E-state index in [-0.39, 0.29) is 12.5 Å². The van der Waals surface area contributed by atoms with Gasteiger partial charge >= 0.3 is 5.97 Å². The highest BCUT2D eigenvalue weighted by Gasteiger charge is 2.45. The molecule has 2 aromatic heterocycles. The first-order valence-electron chi connectivity index (χ1n) is 9.56. The summed E-state index contributed by atoms with van der Waals surface area (Å²) in [7, 11) is 0. The van der Waals surface area contributed by atoms with Gasteiger partial charge in [-0.2, -0.15) is 5.10 Å². The molecule has 144 valence electrons. The molecule has 0 saturated heterocycles. The highest BCUT2D eigenvalue weighted by atomic mass is 16.4. The lowest BCUT2D eigenvalue weighted by atomic mass is 9.85. The number of carbonyl (C=O) groups excluding carboxylic acids is 1. The molecule has 1 aliphatic carbocycles. The Labute approximate surface area is 161 Å². The van der Waals surface area contributed by atoms with Crippen LogP contribution >= 0.6 is 0 Å². The quantitative estimate of drug-likeness (QED) is 0.638. The second kappa shape index (κ2) is 5.47. The van der Waals surface area contributed by atoms with Crippen LogP contribution < -0.4 is 4.90 Å². The highest BCUT2D eigenvalue weighted by Crippen LogP contribution is 2.46. The van der Waals surface area contributed by atoms with Crippen LogP contribution in [0.15, 0.2) is 12.1 Å². The van der Waals surface area contributed by atoms with Gasteiger partial charge in [0.15, 0.2) is 0 Å². The topological polar surface area (TPSA) is 102 Å². The maximum Gasteiger partial charge on any atom is 0.323 e. The summed E-state index contributed by atoms with van der Waals surface area (Å²) in [6.45, 7) is 5.43. The maximum absolute atomic E-state index is 12.9. The molecule has 7 nitrogen and oxygen atoms in total. The third-order valence-corrected chi connectivity index (χ3v) is 6.22. The van der Waals surface area contributed by atoms with Crippen LogP contribution in [0.25, 0.3) is 22.3 Å². The number of aliphatic carboxylic acids is 1. The van der Waals surface area contributed by atoms with Crippen LogP contribution in [-0.4, -0.2) is 38.7 Å². The van der Waals surface area contributed by atoms with Gasteiger partial charge in [-0.15, -0.1) is 0 Å². The molecule has 0 bridgehead atoms. The number of H-pyrrole nitrogens is 2. The molecule has 7 heteroatoms. The number of hydrogen-bond donors (Lipinski definition) is 3. The minimum atomic E-state index is -1.01. The van der Waals surface area contributed by atoms with E-state index in [1.807, 2.05) is 32.9 Å². The van der Waals surface area contributed by atoms with Gasteiger partial charge in [0.2, 0.25) is 5.91 Å². The van der Waals surface area contributed by atoms with Crippen molar-refractivity contribution < 1.29 is 14.7 Å². The normalized spacial score (nSPS) is 17.4. The zero-order valence-electron chi connectivity index (χ0n) is 16.1. The van der Waals surface area contributed by atoms with Crippen molar-refractivity contribution in [2.24, 2.45) is 0 Å². The van der Waals surface area contributed by atoms with Gasteiger partial charge in [-0.05, 0) is 63.3 Å². The van der Waals surface area contributed by atoms with E-state index >= 15 is 0 Å². The number of nitrogens with one attached hydrogen (secondary N) is 2. The number of aromatic nitrogens is 3. The van der Waals surface area contributed by atoms with Crippen molar-refractivity contribution in [2.45, 2.75) is 45.4 Å². The van der Waals surface area contributed by atoms with E-state index in [9.17, 15) is 14.7 Å². The molecule has 3 heterocycles. The number of aryl methyl sites for hydroxylation is 2. The number of nitrogens with zero attached hydrogens (tertiary/aromatic N) is 2. The monoisotopic (exact) mass is 378 g/mol. The van der Waals surface area contributed by atoms with Crippen molar-refractivity contribution in [1.29, 1.82) is 0 Å². The van der Waals surface area contributed by atoms with Crippen LogP contribution in [0, 0.1) is 6.92 Å². The summed E-state index contributed by atoms with van der Waals surface area (Å²) < 4.78 is 0. The van der Waals surface area contributed by atoms with E-state index in [0.29, 0.717) is 5.69 Å². The summed E-state index contributed by atoms with van der Waals surface area (Å²) in [5, 5.41) is 18.0. The van der Waals surface area contributed by atoms with Crippen LogP contribution in [0.3, 0.4) is 0 Å². The first-order chi connectivity index (χ1) is 13.3. The Kier molecular flexibility index (Phi) is 3.33. The number of carboxylic acids is 1. The predicted molar refractivity (Wildman–Crippen MR) is 106 cm³/mol. The van der Waals surface area contributed by atoms with E-state index in [4.69, 9.17) is 0 Å². The molecule has 3 N–H and O–H groups in total. The van der Waals surface area contributed by atoms with Gasteiger partial charge < -0.3 is 15.0 Å². The standard InChI is InChI=1S/C21H22N4O3/c1-10-11-5-4-6-12-13-7-16-14(8-15(13)22-18(12)19(11)24-23-10)21(2,3)20(28)25(16)9-17(26)27/h7-8,22H,4-6,9H2,1-3H3,(H,23,24)(H,26,27). The summed E-state index contributed by atoms with van der Waals surface area (Å²) >= 11 is 0. The van der Waals surface area contributed by atoms with Gasteiger partial charge in [-0.25, -0.2) is 0 Å². The SMILES string of the molecule is Cc1[nH]nc2c1CCCc1c-2[nH]c2cc3c(cc12)N(CC(=O)O)C(=O)C3(C)C. The van der Waals surface area contributed by atoms with E-state index in [1.54, 1.807) is 0 Å². The Hall–Kier alpha value is -3.09. The first kappa shape index (κ1) is 17.0. The van der Waals surface area contributed by atoms with Crippen molar-refractivity contribution in [3.8, 4) is 11.4 Å². The molecular weight excluding hydrogens is 356 g/mol. The third-order valence-electron chi connectivity index (χ3n) is 6.22. The first-order valence-corrected chi connectivity index (χ1v) is 9.56. The van der Waals surface area contributed by atoms with E-state index in [0.717, 1.165) is 52.8 Å². The average Bonchev–Trinajstić information content (AvgIpc) is 3.17. The van der Waals surface area contributed by atoms with E-state index in [1.165, 1.54) is 16.0 Å². The lowest BCUT2D eigenvalue weighted by Gasteiger charge is -2.18. The fraction of sp³-hybridized carbons (Fsp3) is 0.381. The number of amides is 1. The number of rotatable bonds is 2. The summed E-state index contributed by atoms with van der Waals surface area (Å²) in [5.74, 6) is -1.18. The summed E-state index contributed by atoms with van der Waals surface area (Å²) in [6, 6.07) is 4.00. The molecule has 0 spiro atoms. The average molecular weight is 378 g/mol. The van der Waals surface area contributed by atoms with Gasteiger partial charge in [-0.1, -0.05) is 0 Å². The molecule has 0 radical (unpaired) electrons. The molecule has 0 fully saturated rings. The lowest BCUT2D eigenvalue weighted by molar-refractivity contribution is -0.137. The van der Waals surface area contributed by atoms with Crippen LogP contribution in [0.5, 0.6) is 0 Å². The molecular formula is C21H22N4O3. The Morgan fingerprint density at radius 2 is 2.04 bits per heavy atom. The Morgan fingerprint density at radius 1 is 1.29 bits per heavy atom. The van der Waals surface area contributed by atoms with Crippen molar-refractivity contribution in [1.82, 2.24) is 15.2 Å². The molecule has 5 rings (SSSR count). The third kappa shape index (κ3) is 2.13. The van der Waals surface area contributed by atoms with Crippen molar-refractivity contribution >= 4 is 28.5 Å². The molecule has 3 aromatic rings. The van der Waals surface area contributed by atoms with Crippen LogP contribution in [-0.2, 0) is 27.8 Å². The Morgan fingerprint density at radius 3 is 2.79 bits per heavy atom. The number of hydrogen-bond acceptors (Lipinski definition) is 3. The molecule has 1 aliphatic heterocycles. The number of aromatic amines is 2. The molecule has 0 unspecified atom stereocenters. The van der Waals surface area contributed by atoms with Crippen molar-refractivity contribution in [3.05, 3.63) is 34.5 Å². The number of anilines is 1. The Balaban J connectivity index is 1.76. The van der Waals surface area contributed by atoms with E-state index in [2.05, 4.69) is 15.2 Å². The molecule has 2 aliphatic rings. The highest BCUT2D eigenvalue weighted by molar-refractivity contribution is 6.12. The minimum absolute atomic E-state index is 0.172. The smallest absolute Gasteiger partial charge is 0.323 e. The van der Waals surface area contributed by atoms with Crippen LogP contribution in [0.2, 0.25) is 0 Å².